The summed E-state index contributed by atoms with van der Waals surface area (Å²) in [5, 5.41) is 2.77. The predicted molar refractivity (Wildman–Crippen MR) is 107 cm³/mol. The third-order valence-corrected chi connectivity index (χ3v) is 5.21. The van der Waals surface area contributed by atoms with Gasteiger partial charge in [0.15, 0.2) is 0 Å². The van der Waals surface area contributed by atoms with E-state index in [0.29, 0.717) is 18.0 Å². The highest BCUT2D eigenvalue weighted by molar-refractivity contribution is 7.92. The first-order valence-corrected chi connectivity index (χ1v) is 10.7. The second-order valence-electron chi connectivity index (χ2n) is 6.11. The SMILES string of the molecule is CCOc1ccccc1CNC(=O)CN(c1ccc(CC)cc1)S(C)(=O)=O. The molecule has 0 aromatic heterocycles. The monoisotopic (exact) mass is 390 g/mol. The van der Waals surface area contributed by atoms with Gasteiger partial charge in [0.25, 0.3) is 0 Å². The molecule has 2 rings (SSSR count). The molecular weight excluding hydrogens is 364 g/mol. The van der Waals surface area contributed by atoms with Gasteiger partial charge in [-0.05, 0) is 37.1 Å². The van der Waals surface area contributed by atoms with Crippen LogP contribution in [0.1, 0.15) is 25.0 Å². The summed E-state index contributed by atoms with van der Waals surface area (Å²) in [5.74, 6) is 0.321. The lowest BCUT2D eigenvalue weighted by Crippen LogP contribution is -2.40. The first-order chi connectivity index (χ1) is 12.8. The number of anilines is 1. The third-order valence-electron chi connectivity index (χ3n) is 4.07. The molecule has 0 saturated heterocycles. The van der Waals surface area contributed by atoms with Crippen molar-refractivity contribution in [3.63, 3.8) is 0 Å². The van der Waals surface area contributed by atoms with E-state index in [-0.39, 0.29) is 19.0 Å². The molecule has 0 aliphatic rings. The summed E-state index contributed by atoms with van der Waals surface area (Å²) < 4.78 is 31.0. The molecule has 7 heteroatoms. The molecule has 0 aliphatic carbocycles. The average molecular weight is 391 g/mol. The van der Waals surface area contributed by atoms with Gasteiger partial charge in [-0.3, -0.25) is 9.10 Å². The standard InChI is InChI=1S/C20H26N2O4S/c1-4-16-10-12-18(13-11-16)22(27(3,24)25)15-20(23)21-14-17-8-6-7-9-19(17)26-5-2/h6-13H,4-5,14-15H2,1-3H3,(H,21,23). The van der Waals surface area contributed by atoms with Crippen molar-refractivity contribution in [3.8, 4) is 5.75 Å². The van der Waals surface area contributed by atoms with Crippen molar-refractivity contribution in [3.05, 3.63) is 59.7 Å². The maximum Gasteiger partial charge on any atom is 0.241 e. The van der Waals surface area contributed by atoms with Crippen LogP contribution in [0, 0.1) is 0 Å². The normalized spacial score (nSPS) is 11.1. The van der Waals surface area contributed by atoms with Gasteiger partial charge in [-0.2, -0.15) is 0 Å². The average Bonchev–Trinajstić information content (AvgIpc) is 2.65. The van der Waals surface area contributed by atoms with Gasteiger partial charge < -0.3 is 10.1 Å². The number of ether oxygens (including phenoxy) is 1. The summed E-state index contributed by atoms with van der Waals surface area (Å²) in [5.41, 5.74) is 2.41. The van der Waals surface area contributed by atoms with Crippen LogP contribution in [0.4, 0.5) is 5.69 Å². The number of hydrogen-bond acceptors (Lipinski definition) is 4. The fraction of sp³-hybridized carbons (Fsp3) is 0.350. The number of para-hydroxylation sites is 1. The highest BCUT2D eigenvalue weighted by Crippen LogP contribution is 2.19. The number of rotatable bonds is 9. The first kappa shape index (κ1) is 20.8. The maximum atomic E-state index is 12.4. The zero-order valence-electron chi connectivity index (χ0n) is 15.9. The van der Waals surface area contributed by atoms with E-state index in [1.165, 1.54) is 0 Å². The van der Waals surface area contributed by atoms with E-state index in [4.69, 9.17) is 4.74 Å². The smallest absolute Gasteiger partial charge is 0.241 e. The molecule has 0 bridgehead atoms. The molecule has 27 heavy (non-hydrogen) atoms. The topological polar surface area (TPSA) is 75.7 Å². The van der Waals surface area contributed by atoms with Crippen LogP contribution in [-0.4, -0.2) is 33.7 Å². The van der Waals surface area contributed by atoms with Crippen LogP contribution < -0.4 is 14.4 Å². The lowest BCUT2D eigenvalue weighted by atomic mass is 10.1. The number of amides is 1. The Bertz CT molecular complexity index is 864. The Morgan fingerprint density at radius 2 is 1.74 bits per heavy atom. The Balaban J connectivity index is 2.08. The second kappa shape index (κ2) is 9.41. The van der Waals surface area contributed by atoms with Crippen LogP contribution in [0.25, 0.3) is 0 Å². The molecular formula is C20H26N2O4S. The van der Waals surface area contributed by atoms with Crippen molar-refractivity contribution in [1.82, 2.24) is 5.32 Å². The zero-order valence-corrected chi connectivity index (χ0v) is 16.8. The van der Waals surface area contributed by atoms with Crippen molar-refractivity contribution in [2.45, 2.75) is 26.8 Å². The molecule has 1 N–H and O–H groups in total. The Labute approximate surface area is 161 Å². The number of nitrogens with zero attached hydrogens (tertiary/aromatic N) is 1. The Kier molecular flexibility index (Phi) is 7.24. The molecule has 0 saturated carbocycles. The lowest BCUT2D eigenvalue weighted by molar-refractivity contribution is -0.119. The minimum Gasteiger partial charge on any atom is -0.494 e. The Morgan fingerprint density at radius 3 is 2.33 bits per heavy atom. The van der Waals surface area contributed by atoms with Gasteiger partial charge in [-0.25, -0.2) is 8.42 Å². The Morgan fingerprint density at radius 1 is 1.07 bits per heavy atom. The van der Waals surface area contributed by atoms with E-state index in [9.17, 15) is 13.2 Å². The summed E-state index contributed by atoms with van der Waals surface area (Å²) in [4.78, 5) is 12.4. The van der Waals surface area contributed by atoms with Crippen LogP contribution in [0.15, 0.2) is 48.5 Å². The van der Waals surface area contributed by atoms with Crippen LogP contribution in [-0.2, 0) is 27.8 Å². The van der Waals surface area contributed by atoms with Gasteiger partial charge in [-0.1, -0.05) is 37.3 Å². The van der Waals surface area contributed by atoms with Crippen molar-refractivity contribution in [2.75, 3.05) is 23.7 Å². The molecule has 2 aromatic carbocycles. The predicted octanol–water partition coefficient (Wildman–Crippen LogP) is 2.73. The molecule has 0 fully saturated rings. The number of carbonyl (C=O) groups is 1. The van der Waals surface area contributed by atoms with Gasteiger partial charge in [-0.15, -0.1) is 0 Å². The van der Waals surface area contributed by atoms with Crippen LogP contribution in [0.3, 0.4) is 0 Å². The largest absolute Gasteiger partial charge is 0.494 e. The van der Waals surface area contributed by atoms with E-state index in [1.807, 2.05) is 50.2 Å². The van der Waals surface area contributed by atoms with E-state index in [0.717, 1.165) is 28.1 Å². The molecule has 0 spiro atoms. The van der Waals surface area contributed by atoms with E-state index in [1.54, 1.807) is 12.1 Å². The molecule has 0 radical (unpaired) electrons. The molecule has 2 aromatic rings. The molecule has 146 valence electrons. The number of hydrogen-bond donors (Lipinski definition) is 1. The molecule has 1 amide bonds. The fourth-order valence-corrected chi connectivity index (χ4v) is 3.48. The molecule has 6 nitrogen and oxygen atoms in total. The van der Waals surface area contributed by atoms with E-state index >= 15 is 0 Å². The number of sulfonamides is 1. The van der Waals surface area contributed by atoms with Crippen LogP contribution in [0.2, 0.25) is 0 Å². The molecule has 0 atom stereocenters. The van der Waals surface area contributed by atoms with Crippen LogP contribution in [0.5, 0.6) is 5.75 Å². The fourth-order valence-electron chi connectivity index (χ4n) is 2.62. The van der Waals surface area contributed by atoms with Crippen molar-refractivity contribution in [1.29, 1.82) is 0 Å². The van der Waals surface area contributed by atoms with Crippen LogP contribution >= 0.6 is 0 Å². The second-order valence-corrected chi connectivity index (χ2v) is 8.01. The Hall–Kier alpha value is -2.54. The summed E-state index contributed by atoms with van der Waals surface area (Å²) in [6, 6.07) is 14.6. The number of benzene rings is 2. The number of aryl methyl sites for hydroxylation is 1. The molecule has 0 unspecified atom stereocenters. The highest BCUT2D eigenvalue weighted by atomic mass is 32.2. The van der Waals surface area contributed by atoms with Gasteiger partial charge >= 0.3 is 0 Å². The number of carbonyl (C=O) groups excluding carboxylic acids is 1. The maximum absolute atomic E-state index is 12.4. The van der Waals surface area contributed by atoms with Crippen molar-refractivity contribution in [2.24, 2.45) is 0 Å². The minimum atomic E-state index is -3.58. The summed E-state index contributed by atoms with van der Waals surface area (Å²) >= 11 is 0. The summed E-state index contributed by atoms with van der Waals surface area (Å²) in [7, 11) is -3.58. The third kappa shape index (κ3) is 5.99. The van der Waals surface area contributed by atoms with Gasteiger partial charge in [0.2, 0.25) is 15.9 Å². The summed E-state index contributed by atoms with van der Waals surface area (Å²) in [6.07, 6.45) is 1.96. The van der Waals surface area contributed by atoms with E-state index < -0.39 is 10.0 Å². The zero-order chi connectivity index (χ0) is 19.9. The van der Waals surface area contributed by atoms with Gasteiger partial charge in [0.05, 0.1) is 18.6 Å². The molecule has 0 heterocycles. The van der Waals surface area contributed by atoms with Gasteiger partial charge in [0.1, 0.15) is 12.3 Å². The van der Waals surface area contributed by atoms with E-state index in [2.05, 4.69) is 5.32 Å². The van der Waals surface area contributed by atoms with Gasteiger partial charge in [0, 0.05) is 12.1 Å². The van der Waals surface area contributed by atoms with Crippen molar-refractivity contribution < 1.29 is 17.9 Å². The van der Waals surface area contributed by atoms with Crippen molar-refractivity contribution >= 4 is 21.6 Å². The summed E-state index contributed by atoms with van der Waals surface area (Å²) in [6.45, 7) is 4.43. The quantitative estimate of drug-likeness (QED) is 0.714. The minimum absolute atomic E-state index is 0.265. The highest BCUT2D eigenvalue weighted by Gasteiger charge is 2.20. The lowest BCUT2D eigenvalue weighted by Gasteiger charge is -2.22. The first-order valence-electron chi connectivity index (χ1n) is 8.89. The molecule has 0 aliphatic heterocycles. The number of nitrogens with one attached hydrogen (secondary N) is 1.